The van der Waals surface area contributed by atoms with Crippen LogP contribution in [0.4, 0.5) is 0 Å². The van der Waals surface area contributed by atoms with Gasteiger partial charge in [-0.3, -0.25) is 4.98 Å². The Morgan fingerprint density at radius 3 is 3.20 bits per heavy atom. The first-order valence-electron chi connectivity index (χ1n) is 5.09. The summed E-state index contributed by atoms with van der Waals surface area (Å²) < 4.78 is 11.1. The summed E-state index contributed by atoms with van der Waals surface area (Å²) in [6.07, 6.45) is 5.16. The number of ether oxygens (including phenoxy) is 2. The molecule has 5 heteroatoms. The summed E-state index contributed by atoms with van der Waals surface area (Å²) in [5.41, 5.74) is 0. The zero-order valence-electron chi connectivity index (χ0n) is 8.72. The Balaban J connectivity index is 1.78. The molecule has 82 valence electrons. The van der Waals surface area contributed by atoms with Crippen LogP contribution >= 0.6 is 0 Å². The lowest BCUT2D eigenvalue weighted by atomic mass is 10.2. The summed E-state index contributed by atoms with van der Waals surface area (Å²) in [5.74, 6) is 0.541. The highest BCUT2D eigenvalue weighted by Gasteiger charge is 2.19. The molecule has 15 heavy (non-hydrogen) atoms. The summed E-state index contributed by atoms with van der Waals surface area (Å²) >= 11 is 0. The van der Waals surface area contributed by atoms with Gasteiger partial charge in [-0.05, 0) is 6.92 Å². The van der Waals surface area contributed by atoms with E-state index in [-0.39, 0.29) is 12.2 Å². The minimum Gasteiger partial charge on any atom is -0.474 e. The Morgan fingerprint density at radius 2 is 2.47 bits per heavy atom. The van der Waals surface area contributed by atoms with Crippen molar-refractivity contribution in [3.63, 3.8) is 0 Å². The van der Waals surface area contributed by atoms with Crippen molar-refractivity contribution in [1.82, 2.24) is 15.3 Å². The third-order valence-electron chi connectivity index (χ3n) is 2.19. The Hall–Kier alpha value is -1.20. The molecule has 2 atom stereocenters. The van der Waals surface area contributed by atoms with E-state index in [4.69, 9.17) is 9.47 Å². The molecule has 0 spiro atoms. The standard InChI is InChI=1S/C10H15N3O2/c1-8-4-12-5-9(15-8)7-14-10-6-11-2-3-13-10/h2-3,6,8-9,12H,4-5,7H2,1H3. The van der Waals surface area contributed by atoms with E-state index in [0.29, 0.717) is 12.5 Å². The molecule has 1 aromatic rings. The van der Waals surface area contributed by atoms with E-state index in [1.165, 1.54) is 0 Å². The average Bonchev–Trinajstić information content (AvgIpc) is 2.28. The van der Waals surface area contributed by atoms with Crippen molar-refractivity contribution in [3.05, 3.63) is 18.6 Å². The molecule has 0 amide bonds. The monoisotopic (exact) mass is 209 g/mol. The number of hydrogen-bond donors (Lipinski definition) is 1. The first-order valence-corrected chi connectivity index (χ1v) is 5.09. The molecule has 1 fully saturated rings. The van der Waals surface area contributed by atoms with Gasteiger partial charge in [-0.25, -0.2) is 4.98 Å². The highest BCUT2D eigenvalue weighted by atomic mass is 16.5. The largest absolute Gasteiger partial charge is 0.474 e. The van der Waals surface area contributed by atoms with Crippen LogP contribution in [0.3, 0.4) is 0 Å². The van der Waals surface area contributed by atoms with E-state index >= 15 is 0 Å². The highest BCUT2D eigenvalue weighted by molar-refractivity contribution is 5.01. The van der Waals surface area contributed by atoms with Crippen LogP contribution in [0, 0.1) is 0 Å². The predicted molar refractivity (Wildman–Crippen MR) is 54.7 cm³/mol. The van der Waals surface area contributed by atoms with Gasteiger partial charge in [0.2, 0.25) is 5.88 Å². The Kier molecular flexibility index (Phi) is 3.47. The van der Waals surface area contributed by atoms with Gasteiger partial charge < -0.3 is 14.8 Å². The quantitative estimate of drug-likeness (QED) is 0.772. The van der Waals surface area contributed by atoms with E-state index in [0.717, 1.165) is 13.1 Å². The van der Waals surface area contributed by atoms with Crippen LogP contribution in [-0.2, 0) is 4.74 Å². The minimum atomic E-state index is 0.0933. The molecule has 0 aliphatic carbocycles. The van der Waals surface area contributed by atoms with Gasteiger partial charge >= 0.3 is 0 Å². The van der Waals surface area contributed by atoms with Gasteiger partial charge in [0.25, 0.3) is 0 Å². The molecule has 1 aliphatic rings. The summed E-state index contributed by atoms with van der Waals surface area (Å²) in [6.45, 7) is 4.28. The van der Waals surface area contributed by atoms with Crippen LogP contribution in [0.15, 0.2) is 18.6 Å². The zero-order valence-corrected chi connectivity index (χ0v) is 8.72. The fraction of sp³-hybridized carbons (Fsp3) is 0.600. The Bertz CT molecular complexity index is 294. The van der Waals surface area contributed by atoms with Crippen molar-refractivity contribution in [2.24, 2.45) is 0 Å². The molecule has 2 unspecified atom stereocenters. The highest BCUT2D eigenvalue weighted by Crippen LogP contribution is 2.06. The van der Waals surface area contributed by atoms with Crippen molar-refractivity contribution < 1.29 is 9.47 Å². The average molecular weight is 209 g/mol. The molecular formula is C10H15N3O2. The molecule has 5 nitrogen and oxygen atoms in total. The van der Waals surface area contributed by atoms with Crippen LogP contribution in [0.1, 0.15) is 6.92 Å². The van der Waals surface area contributed by atoms with Crippen molar-refractivity contribution in [2.45, 2.75) is 19.1 Å². The van der Waals surface area contributed by atoms with Crippen LogP contribution in [0.5, 0.6) is 5.88 Å². The molecule has 0 bridgehead atoms. The summed E-state index contributed by atoms with van der Waals surface area (Å²) in [6, 6.07) is 0. The Morgan fingerprint density at radius 1 is 1.53 bits per heavy atom. The van der Waals surface area contributed by atoms with Gasteiger partial charge in [0.05, 0.1) is 12.3 Å². The van der Waals surface area contributed by atoms with Crippen molar-refractivity contribution >= 4 is 0 Å². The molecule has 0 saturated carbocycles. The number of morpholine rings is 1. The third kappa shape index (κ3) is 3.14. The van der Waals surface area contributed by atoms with Gasteiger partial charge in [-0.2, -0.15) is 0 Å². The normalized spacial score (nSPS) is 26.2. The van der Waals surface area contributed by atoms with Crippen LogP contribution in [0.2, 0.25) is 0 Å². The van der Waals surface area contributed by atoms with Crippen molar-refractivity contribution in [1.29, 1.82) is 0 Å². The summed E-state index contributed by atoms with van der Waals surface area (Å²) in [4.78, 5) is 7.94. The van der Waals surface area contributed by atoms with Crippen molar-refractivity contribution in [2.75, 3.05) is 19.7 Å². The van der Waals surface area contributed by atoms with E-state index in [1.807, 2.05) is 6.92 Å². The second kappa shape index (κ2) is 5.04. The van der Waals surface area contributed by atoms with Crippen LogP contribution in [0.25, 0.3) is 0 Å². The zero-order chi connectivity index (χ0) is 10.5. The van der Waals surface area contributed by atoms with E-state index in [9.17, 15) is 0 Å². The lowest BCUT2D eigenvalue weighted by Crippen LogP contribution is -2.45. The lowest BCUT2D eigenvalue weighted by molar-refractivity contribution is -0.0477. The smallest absolute Gasteiger partial charge is 0.232 e. The van der Waals surface area contributed by atoms with Gasteiger partial charge in [-0.15, -0.1) is 0 Å². The maximum absolute atomic E-state index is 5.67. The number of rotatable bonds is 3. The molecule has 0 aromatic carbocycles. The van der Waals surface area contributed by atoms with Crippen LogP contribution < -0.4 is 10.1 Å². The van der Waals surface area contributed by atoms with Gasteiger partial charge in [0.15, 0.2) is 0 Å². The molecule has 2 rings (SSSR count). The molecule has 1 aromatic heterocycles. The topological polar surface area (TPSA) is 56.3 Å². The van der Waals surface area contributed by atoms with E-state index in [1.54, 1.807) is 18.6 Å². The number of nitrogens with one attached hydrogen (secondary N) is 1. The summed E-state index contributed by atoms with van der Waals surface area (Å²) in [7, 11) is 0. The predicted octanol–water partition coefficient (Wildman–Crippen LogP) is 0.232. The summed E-state index contributed by atoms with van der Waals surface area (Å²) in [5, 5.41) is 3.28. The molecule has 1 N–H and O–H groups in total. The van der Waals surface area contributed by atoms with Gasteiger partial charge in [-0.1, -0.05) is 0 Å². The number of nitrogens with zero attached hydrogens (tertiary/aromatic N) is 2. The SMILES string of the molecule is CC1CNCC(COc2cnccn2)O1. The van der Waals surface area contributed by atoms with Gasteiger partial charge in [0.1, 0.15) is 12.7 Å². The molecule has 0 radical (unpaired) electrons. The molecule has 1 aliphatic heterocycles. The number of aromatic nitrogens is 2. The van der Waals surface area contributed by atoms with E-state index in [2.05, 4.69) is 15.3 Å². The fourth-order valence-electron chi connectivity index (χ4n) is 1.51. The second-order valence-electron chi connectivity index (χ2n) is 3.58. The molecular weight excluding hydrogens is 194 g/mol. The fourth-order valence-corrected chi connectivity index (χ4v) is 1.51. The maximum atomic E-state index is 5.67. The van der Waals surface area contributed by atoms with E-state index < -0.39 is 0 Å². The first-order chi connectivity index (χ1) is 7.34. The molecule has 1 saturated heterocycles. The maximum Gasteiger partial charge on any atom is 0.232 e. The second-order valence-corrected chi connectivity index (χ2v) is 3.58. The first kappa shape index (κ1) is 10.3. The lowest BCUT2D eigenvalue weighted by Gasteiger charge is -2.28. The Labute approximate surface area is 88.8 Å². The van der Waals surface area contributed by atoms with Crippen molar-refractivity contribution in [3.8, 4) is 5.88 Å². The third-order valence-corrected chi connectivity index (χ3v) is 2.19. The van der Waals surface area contributed by atoms with Gasteiger partial charge in [0, 0.05) is 25.5 Å². The minimum absolute atomic E-state index is 0.0933. The number of hydrogen-bond acceptors (Lipinski definition) is 5. The molecule has 2 heterocycles. The van der Waals surface area contributed by atoms with Crippen LogP contribution in [-0.4, -0.2) is 41.9 Å².